The Morgan fingerprint density at radius 2 is 2.27 bits per heavy atom. The van der Waals surface area contributed by atoms with Gasteiger partial charge in [0.15, 0.2) is 0 Å². The van der Waals surface area contributed by atoms with Crippen LogP contribution in [0.2, 0.25) is 0 Å². The van der Waals surface area contributed by atoms with E-state index >= 15 is 0 Å². The molecule has 0 spiro atoms. The summed E-state index contributed by atoms with van der Waals surface area (Å²) in [4.78, 5) is 0. The molecule has 0 amide bonds. The number of rotatable bonds is 5. The summed E-state index contributed by atoms with van der Waals surface area (Å²) in [6, 6.07) is 2.29. The highest BCUT2D eigenvalue weighted by molar-refractivity contribution is 5.12. The number of nitrogens with zero attached hydrogens (tertiary/aromatic N) is 2. The van der Waals surface area contributed by atoms with Gasteiger partial charge in [-0.1, -0.05) is 20.3 Å². The Morgan fingerprint density at radius 1 is 1.60 bits per heavy atom. The molecule has 0 fully saturated rings. The van der Waals surface area contributed by atoms with E-state index in [1.807, 2.05) is 18.7 Å². The largest absolute Gasteiger partial charge is 0.271 e. The van der Waals surface area contributed by atoms with E-state index in [-0.39, 0.29) is 6.04 Å². The van der Waals surface area contributed by atoms with Crippen LogP contribution in [-0.2, 0) is 7.05 Å². The minimum Gasteiger partial charge on any atom is -0.271 e. The van der Waals surface area contributed by atoms with Gasteiger partial charge in [-0.25, -0.2) is 0 Å². The smallest absolute Gasteiger partial charge is 0.0631 e. The van der Waals surface area contributed by atoms with E-state index in [1.54, 1.807) is 0 Å². The summed E-state index contributed by atoms with van der Waals surface area (Å²) in [7, 11) is 1.96. The fourth-order valence-corrected chi connectivity index (χ4v) is 1.80. The third kappa shape index (κ3) is 3.04. The molecule has 3 N–H and O–H groups in total. The maximum atomic E-state index is 5.59. The molecule has 1 rings (SSSR count). The molecule has 15 heavy (non-hydrogen) atoms. The van der Waals surface area contributed by atoms with Gasteiger partial charge >= 0.3 is 0 Å². The van der Waals surface area contributed by atoms with Crippen LogP contribution in [0.4, 0.5) is 0 Å². The molecular formula is C11H22N4. The highest BCUT2D eigenvalue weighted by atomic mass is 15.3. The monoisotopic (exact) mass is 210 g/mol. The zero-order valence-corrected chi connectivity index (χ0v) is 10.1. The lowest BCUT2D eigenvalue weighted by molar-refractivity contribution is 0.391. The molecule has 0 saturated carbocycles. The fourth-order valence-electron chi connectivity index (χ4n) is 1.80. The van der Waals surface area contributed by atoms with E-state index < -0.39 is 0 Å². The summed E-state index contributed by atoms with van der Waals surface area (Å²) in [5.41, 5.74) is 5.08. The van der Waals surface area contributed by atoms with Gasteiger partial charge in [0, 0.05) is 7.05 Å². The van der Waals surface area contributed by atoms with Crippen molar-refractivity contribution in [1.29, 1.82) is 0 Å². The highest BCUT2D eigenvalue weighted by Crippen LogP contribution is 2.22. The first-order chi connectivity index (χ1) is 7.08. The van der Waals surface area contributed by atoms with Gasteiger partial charge in [-0.15, -0.1) is 0 Å². The van der Waals surface area contributed by atoms with Crippen molar-refractivity contribution in [1.82, 2.24) is 15.2 Å². The predicted octanol–water partition coefficient (Wildman–Crippen LogP) is 1.67. The molecular weight excluding hydrogens is 188 g/mol. The molecule has 4 heteroatoms. The first-order valence-electron chi connectivity index (χ1n) is 5.55. The van der Waals surface area contributed by atoms with Crippen molar-refractivity contribution in [3.05, 3.63) is 17.5 Å². The lowest BCUT2D eigenvalue weighted by Gasteiger charge is -2.19. The number of hydrogen-bond acceptors (Lipinski definition) is 3. The topological polar surface area (TPSA) is 55.9 Å². The molecule has 2 atom stereocenters. The zero-order chi connectivity index (χ0) is 11.4. The van der Waals surface area contributed by atoms with Gasteiger partial charge in [-0.05, 0) is 25.3 Å². The van der Waals surface area contributed by atoms with E-state index in [0.717, 1.165) is 17.8 Å². The first-order valence-corrected chi connectivity index (χ1v) is 5.55. The summed E-state index contributed by atoms with van der Waals surface area (Å²) >= 11 is 0. The Morgan fingerprint density at radius 3 is 2.67 bits per heavy atom. The number of aromatic nitrogens is 2. The molecule has 0 bridgehead atoms. The van der Waals surface area contributed by atoms with Gasteiger partial charge in [0.25, 0.3) is 0 Å². The van der Waals surface area contributed by atoms with Crippen molar-refractivity contribution in [2.75, 3.05) is 0 Å². The highest BCUT2D eigenvalue weighted by Gasteiger charge is 2.16. The van der Waals surface area contributed by atoms with E-state index in [0.29, 0.717) is 5.92 Å². The minimum absolute atomic E-state index is 0.200. The van der Waals surface area contributed by atoms with Crippen molar-refractivity contribution in [3.8, 4) is 0 Å². The van der Waals surface area contributed by atoms with E-state index in [2.05, 4.69) is 30.4 Å². The van der Waals surface area contributed by atoms with Crippen LogP contribution in [-0.4, -0.2) is 9.78 Å². The molecule has 1 heterocycles. The van der Waals surface area contributed by atoms with Crippen LogP contribution < -0.4 is 11.3 Å². The fraction of sp³-hybridized carbons (Fsp3) is 0.727. The minimum atomic E-state index is 0.200. The molecule has 0 aliphatic carbocycles. The predicted molar refractivity (Wildman–Crippen MR) is 62.1 cm³/mol. The summed E-state index contributed by atoms with van der Waals surface area (Å²) < 4.78 is 1.90. The van der Waals surface area contributed by atoms with Gasteiger partial charge in [0.1, 0.15) is 0 Å². The van der Waals surface area contributed by atoms with E-state index in [1.165, 1.54) is 6.42 Å². The standard InChI is InChI=1S/C11H22N4/c1-5-8(2)6-10(13-12)11-7-9(3)14-15(11)4/h7-8,10,13H,5-6,12H2,1-4H3. The third-order valence-corrected chi connectivity index (χ3v) is 2.93. The number of hydrazine groups is 1. The molecule has 86 valence electrons. The molecule has 1 aromatic rings. The number of hydrogen-bond donors (Lipinski definition) is 2. The van der Waals surface area contributed by atoms with Crippen LogP contribution in [0, 0.1) is 12.8 Å². The van der Waals surface area contributed by atoms with Crippen LogP contribution >= 0.6 is 0 Å². The molecule has 0 aromatic carbocycles. The van der Waals surface area contributed by atoms with Crippen LogP contribution in [0.25, 0.3) is 0 Å². The van der Waals surface area contributed by atoms with Crippen molar-refractivity contribution in [2.45, 2.75) is 39.7 Å². The summed E-state index contributed by atoms with van der Waals surface area (Å²) in [5, 5.41) is 4.33. The lowest BCUT2D eigenvalue weighted by Crippen LogP contribution is -2.30. The van der Waals surface area contributed by atoms with Crippen LogP contribution in [0.1, 0.15) is 44.1 Å². The van der Waals surface area contributed by atoms with E-state index in [9.17, 15) is 0 Å². The average molecular weight is 210 g/mol. The Balaban J connectivity index is 2.78. The maximum absolute atomic E-state index is 5.59. The Bertz CT molecular complexity index is 306. The molecule has 0 aliphatic rings. The number of nitrogens with one attached hydrogen (secondary N) is 1. The molecule has 0 saturated heterocycles. The Labute approximate surface area is 91.8 Å². The summed E-state index contributed by atoms with van der Waals surface area (Å²) in [5.74, 6) is 6.26. The summed E-state index contributed by atoms with van der Waals surface area (Å²) in [6.45, 7) is 6.45. The van der Waals surface area contributed by atoms with Crippen molar-refractivity contribution in [3.63, 3.8) is 0 Å². The third-order valence-electron chi connectivity index (χ3n) is 2.93. The van der Waals surface area contributed by atoms with Gasteiger partial charge in [0.2, 0.25) is 0 Å². The Kier molecular flexibility index (Phi) is 4.29. The quantitative estimate of drug-likeness (QED) is 0.574. The second-order valence-electron chi connectivity index (χ2n) is 4.30. The molecule has 0 radical (unpaired) electrons. The summed E-state index contributed by atoms with van der Waals surface area (Å²) in [6.07, 6.45) is 2.22. The van der Waals surface area contributed by atoms with Crippen molar-refractivity contribution < 1.29 is 0 Å². The van der Waals surface area contributed by atoms with Gasteiger partial charge < -0.3 is 0 Å². The molecule has 2 unspecified atom stereocenters. The van der Waals surface area contributed by atoms with Crippen LogP contribution in [0.15, 0.2) is 6.07 Å². The van der Waals surface area contributed by atoms with Crippen LogP contribution in [0.3, 0.4) is 0 Å². The lowest BCUT2D eigenvalue weighted by atomic mass is 9.97. The van der Waals surface area contributed by atoms with Crippen LogP contribution in [0.5, 0.6) is 0 Å². The molecule has 4 nitrogen and oxygen atoms in total. The van der Waals surface area contributed by atoms with Gasteiger partial charge in [-0.2, -0.15) is 5.10 Å². The van der Waals surface area contributed by atoms with Crippen molar-refractivity contribution >= 4 is 0 Å². The first kappa shape index (κ1) is 12.2. The zero-order valence-electron chi connectivity index (χ0n) is 10.1. The van der Waals surface area contributed by atoms with Gasteiger partial charge in [0.05, 0.1) is 17.4 Å². The Hall–Kier alpha value is -0.870. The molecule has 1 aromatic heterocycles. The number of nitrogens with two attached hydrogens (primary N) is 1. The maximum Gasteiger partial charge on any atom is 0.0631 e. The SMILES string of the molecule is CCC(C)CC(NN)c1cc(C)nn1C. The van der Waals surface area contributed by atoms with Gasteiger partial charge in [-0.3, -0.25) is 16.0 Å². The second-order valence-corrected chi connectivity index (χ2v) is 4.30. The number of aryl methyl sites for hydroxylation is 2. The average Bonchev–Trinajstić information content (AvgIpc) is 2.54. The normalized spacial score (nSPS) is 15.3. The molecule has 0 aliphatic heterocycles. The second kappa shape index (κ2) is 5.28. The van der Waals surface area contributed by atoms with Crippen molar-refractivity contribution in [2.24, 2.45) is 18.8 Å². The van der Waals surface area contributed by atoms with E-state index in [4.69, 9.17) is 5.84 Å².